The lowest BCUT2D eigenvalue weighted by atomic mass is 10.2. The Kier molecular flexibility index (Phi) is 5.93. The molecule has 0 fully saturated rings. The van der Waals surface area contributed by atoms with E-state index in [0.29, 0.717) is 13.2 Å². The zero-order valence-electron chi connectivity index (χ0n) is 14.3. The maximum absolute atomic E-state index is 11.9. The Morgan fingerprint density at radius 2 is 1.88 bits per heavy atom. The number of ether oxygens (including phenoxy) is 1. The van der Waals surface area contributed by atoms with E-state index in [9.17, 15) is 9.59 Å². The van der Waals surface area contributed by atoms with Crippen molar-refractivity contribution >= 4 is 39.1 Å². The average molecular weight is 369 g/mol. The Labute approximate surface area is 155 Å². The van der Waals surface area contributed by atoms with Crippen molar-refractivity contribution in [3.63, 3.8) is 0 Å². The van der Waals surface area contributed by atoms with Crippen molar-refractivity contribution in [2.75, 3.05) is 11.9 Å². The number of nitrogens with zero attached hydrogens (tertiary/aromatic N) is 1. The third kappa shape index (κ3) is 5.11. The minimum atomic E-state index is -0.183. The second kappa shape index (κ2) is 8.55. The summed E-state index contributed by atoms with van der Waals surface area (Å²) >= 11 is 1.57. The molecule has 3 rings (SSSR count). The van der Waals surface area contributed by atoms with Crippen LogP contribution in [0.4, 0.5) is 5.69 Å². The number of carbonyl (C=O) groups is 2. The molecule has 0 aliphatic rings. The first-order chi connectivity index (χ1) is 12.6. The van der Waals surface area contributed by atoms with E-state index in [1.807, 2.05) is 36.4 Å². The summed E-state index contributed by atoms with van der Waals surface area (Å²) in [5.41, 5.74) is 2.62. The van der Waals surface area contributed by atoms with Crippen LogP contribution in [0.25, 0.3) is 10.2 Å². The number of hydrogen-bond donors (Lipinski definition) is 2. The average Bonchev–Trinajstić information content (AvgIpc) is 3.03. The van der Waals surface area contributed by atoms with Gasteiger partial charge in [0.1, 0.15) is 11.6 Å². The van der Waals surface area contributed by atoms with Gasteiger partial charge in [0.15, 0.2) is 0 Å². The fourth-order valence-electron chi connectivity index (χ4n) is 2.37. The van der Waals surface area contributed by atoms with Gasteiger partial charge in [-0.2, -0.15) is 0 Å². The predicted molar refractivity (Wildman–Crippen MR) is 102 cm³/mol. The zero-order valence-corrected chi connectivity index (χ0v) is 15.1. The number of thiazole rings is 1. The van der Waals surface area contributed by atoms with Gasteiger partial charge in [0.05, 0.1) is 16.8 Å². The Hall–Kier alpha value is -2.77. The van der Waals surface area contributed by atoms with Gasteiger partial charge in [-0.15, -0.1) is 11.3 Å². The molecular formula is C19H19N3O3S. The number of amides is 2. The SMILES string of the molecule is CC(=O)Nc1ccc(CNC(=O)COCc2nc3ccccc3s2)cc1. The Morgan fingerprint density at radius 3 is 2.62 bits per heavy atom. The molecule has 134 valence electrons. The lowest BCUT2D eigenvalue weighted by Crippen LogP contribution is -2.27. The fourth-order valence-corrected chi connectivity index (χ4v) is 3.28. The van der Waals surface area contributed by atoms with Crippen molar-refractivity contribution in [3.05, 3.63) is 59.1 Å². The fraction of sp³-hybridized carbons (Fsp3) is 0.211. The van der Waals surface area contributed by atoms with Crippen LogP contribution in [0.15, 0.2) is 48.5 Å². The number of carbonyl (C=O) groups excluding carboxylic acids is 2. The van der Waals surface area contributed by atoms with Crippen molar-refractivity contribution in [1.82, 2.24) is 10.3 Å². The number of nitrogens with one attached hydrogen (secondary N) is 2. The minimum Gasteiger partial charge on any atom is -0.364 e. The monoisotopic (exact) mass is 369 g/mol. The molecule has 2 aromatic carbocycles. The van der Waals surface area contributed by atoms with Crippen LogP contribution in [0.3, 0.4) is 0 Å². The number of rotatable bonds is 7. The Morgan fingerprint density at radius 1 is 1.12 bits per heavy atom. The highest BCUT2D eigenvalue weighted by Crippen LogP contribution is 2.21. The Bertz CT molecular complexity index is 873. The van der Waals surface area contributed by atoms with Gasteiger partial charge in [-0.1, -0.05) is 24.3 Å². The van der Waals surface area contributed by atoms with Gasteiger partial charge in [-0.05, 0) is 29.8 Å². The molecule has 0 aliphatic carbocycles. The van der Waals surface area contributed by atoms with Crippen molar-refractivity contribution in [1.29, 1.82) is 0 Å². The lowest BCUT2D eigenvalue weighted by Gasteiger charge is -2.07. The molecule has 2 amide bonds. The summed E-state index contributed by atoms with van der Waals surface area (Å²) in [7, 11) is 0. The highest BCUT2D eigenvalue weighted by molar-refractivity contribution is 7.18. The van der Waals surface area contributed by atoms with Gasteiger partial charge in [-0.3, -0.25) is 9.59 Å². The van der Waals surface area contributed by atoms with Crippen LogP contribution >= 0.6 is 11.3 Å². The molecule has 0 saturated heterocycles. The molecule has 0 atom stereocenters. The number of benzene rings is 2. The molecule has 0 radical (unpaired) electrons. The molecule has 3 aromatic rings. The van der Waals surface area contributed by atoms with Crippen molar-refractivity contribution < 1.29 is 14.3 Å². The maximum atomic E-state index is 11.9. The van der Waals surface area contributed by atoms with E-state index in [0.717, 1.165) is 26.5 Å². The number of fused-ring (bicyclic) bond motifs is 1. The van der Waals surface area contributed by atoms with E-state index >= 15 is 0 Å². The summed E-state index contributed by atoms with van der Waals surface area (Å²) < 4.78 is 6.56. The minimum absolute atomic E-state index is 0.0140. The van der Waals surface area contributed by atoms with Gasteiger partial charge < -0.3 is 15.4 Å². The first-order valence-corrected chi connectivity index (χ1v) is 8.97. The van der Waals surface area contributed by atoms with E-state index in [1.165, 1.54) is 6.92 Å². The highest BCUT2D eigenvalue weighted by Gasteiger charge is 2.06. The quantitative estimate of drug-likeness (QED) is 0.671. The van der Waals surface area contributed by atoms with E-state index in [-0.39, 0.29) is 18.4 Å². The second-order valence-electron chi connectivity index (χ2n) is 5.72. The van der Waals surface area contributed by atoms with Crippen molar-refractivity contribution in [2.45, 2.75) is 20.1 Å². The number of aromatic nitrogens is 1. The summed E-state index contributed by atoms with van der Waals surface area (Å²) in [6, 6.07) is 15.2. The second-order valence-corrected chi connectivity index (χ2v) is 6.84. The van der Waals surface area contributed by atoms with Crippen LogP contribution in [-0.4, -0.2) is 23.4 Å². The van der Waals surface area contributed by atoms with Gasteiger partial charge >= 0.3 is 0 Å². The molecule has 6 nitrogen and oxygen atoms in total. The van der Waals surface area contributed by atoms with Crippen LogP contribution in [-0.2, 0) is 27.5 Å². The first-order valence-electron chi connectivity index (χ1n) is 8.15. The standard InChI is InChI=1S/C19H19N3O3S/c1-13(23)21-15-8-6-14(7-9-15)10-20-18(24)11-25-12-19-22-16-4-2-3-5-17(16)26-19/h2-9H,10-12H2,1H3,(H,20,24)(H,21,23). The van der Waals surface area contributed by atoms with E-state index < -0.39 is 0 Å². The third-order valence-corrected chi connectivity index (χ3v) is 4.57. The summed E-state index contributed by atoms with van der Waals surface area (Å²) in [6.07, 6.45) is 0. The third-order valence-electron chi connectivity index (χ3n) is 3.56. The van der Waals surface area contributed by atoms with Gasteiger partial charge in [0.25, 0.3) is 0 Å². The van der Waals surface area contributed by atoms with Crippen molar-refractivity contribution in [2.24, 2.45) is 0 Å². The molecule has 7 heteroatoms. The molecular weight excluding hydrogens is 350 g/mol. The summed E-state index contributed by atoms with van der Waals surface area (Å²) in [5, 5.41) is 6.36. The van der Waals surface area contributed by atoms with Crippen LogP contribution in [0.5, 0.6) is 0 Å². The van der Waals surface area contributed by atoms with Gasteiger partial charge in [-0.25, -0.2) is 4.98 Å². The summed E-state index contributed by atoms with van der Waals surface area (Å²) in [6.45, 7) is 2.17. The zero-order chi connectivity index (χ0) is 18.4. The van der Waals surface area contributed by atoms with Crippen LogP contribution in [0.2, 0.25) is 0 Å². The predicted octanol–water partition coefficient (Wildman–Crippen LogP) is 3.09. The highest BCUT2D eigenvalue weighted by atomic mass is 32.1. The van der Waals surface area contributed by atoms with Crippen LogP contribution in [0.1, 0.15) is 17.5 Å². The smallest absolute Gasteiger partial charge is 0.246 e. The maximum Gasteiger partial charge on any atom is 0.246 e. The molecule has 26 heavy (non-hydrogen) atoms. The van der Waals surface area contributed by atoms with Gasteiger partial charge in [0, 0.05) is 19.2 Å². The summed E-state index contributed by atoms with van der Waals surface area (Å²) in [5.74, 6) is -0.298. The largest absolute Gasteiger partial charge is 0.364 e. The lowest BCUT2D eigenvalue weighted by molar-refractivity contribution is -0.126. The molecule has 0 saturated carbocycles. The molecule has 0 spiro atoms. The van der Waals surface area contributed by atoms with Gasteiger partial charge in [0.2, 0.25) is 11.8 Å². The number of para-hydroxylation sites is 1. The Balaban J connectivity index is 1.40. The molecule has 1 aromatic heterocycles. The molecule has 0 bridgehead atoms. The number of anilines is 1. The summed E-state index contributed by atoms with van der Waals surface area (Å²) in [4.78, 5) is 27.3. The molecule has 0 unspecified atom stereocenters. The topological polar surface area (TPSA) is 80.3 Å². The van der Waals surface area contributed by atoms with Crippen LogP contribution in [0, 0.1) is 0 Å². The normalized spacial score (nSPS) is 10.7. The van der Waals surface area contributed by atoms with E-state index in [2.05, 4.69) is 15.6 Å². The molecule has 0 aliphatic heterocycles. The number of hydrogen-bond acceptors (Lipinski definition) is 5. The first kappa shape index (κ1) is 18.0. The van der Waals surface area contributed by atoms with Crippen LogP contribution < -0.4 is 10.6 Å². The van der Waals surface area contributed by atoms with E-state index in [1.54, 1.807) is 23.5 Å². The van der Waals surface area contributed by atoms with Crippen molar-refractivity contribution in [3.8, 4) is 0 Å². The van der Waals surface area contributed by atoms with E-state index in [4.69, 9.17) is 4.74 Å². The molecule has 2 N–H and O–H groups in total. The molecule has 1 heterocycles.